The van der Waals surface area contributed by atoms with E-state index in [1.54, 1.807) is 6.92 Å². The summed E-state index contributed by atoms with van der Waals surface area (Å²) >= 11 is 0. The van der Waals surface area contributed by atoms with Crippen molar-refractivity contribution in [1.82, 2.24) is 5.32 Å². The number of nitrogens with two attached hydrogens (primary N) is 1. The Bertz CT molecular complexity index is 370. The number of hydrogen-bond donors (Lipinski definition) is 2. The van der Waals surface area contributed by atoms with Crippen LogP contribution in [0.4, 0.5) is 17.6 Å². The zero-order chi connectivity index (χ0) is 14.5. The van der Waals surface area contributed by atoms with Gasteiger partial charge in [0, 0.05) is 6.04 Å². The first-order chi connectivity index (χ1) is 8.84. The first-order valence-electron chi connectivity index (χ1n) is 6.02. The summed E-state index contributed by atoms with van der Waals surface area (Å²) in [7, 11) is 0. The Balaban J connectivity index is 2.42. The molecular formula is C13H18F4N2. The molecule has 0 heterocycles. The van der Waals surface area contributed by atoms with Crippen LogP contribution in [0.25, 0.3) is 0 Å². The van der Waals surface area contributed by atoms with Crippen molar-refractivity contribution in [2.24, 2.45) is 11.7 Å². The van der Waals surface area contributed by atoms with Gasteiger partial charge in [-0.15, -0.1) is 0 Å². The molecule has 1 aromatic rings. The maximum absolute atomic E-state index is 12.7. The average Bonchev–Trinajstić information content (AvgIpc) is 2.38. The molecule has 0 aliphatic heterocycles. The average molecular weight is 278 g/mol. The standard InChI is InChI=1S/C13H18F4N2/c1-9(7-19-8-13(16,17)12(14)15)11(18)10-5-3-2-4-6-10/h2-6,9,11-12,19H,7-8,18H2,1H3. The molecule has 19 heavy (non-hydrogen) atoms. The molecule has 0 aromatic heterocycles. The summed E-state index contributed by atoms with van der Waals surface area (Å²) < 4.78 is 49.2. The first kappa shape index (κ1) is 15.9. The van der Waals surface area contributed by atoms with E-state index < -0.39 is 18.9 Å². The number of halogens is 4. The molecule has 108 valence electrons. The van der Waals surface area contributed by atoms with Crippen molar-refractivity contribution in [2.75, 3.05) is 13.1 Å². The van der Waals surface area contributed by atoms with E-state index in [0.717, 1.165) is 5.56 Å². The molecule has 0 aliphatic carbocycles. The molecule has 2 nitrogen and oxygen atoms in total. The highest BCUT2D eigenvalue weighted by Gasteiger charge is 2.40. The van der Waals surface area contributed by atoms with Gasteiger partial charge < -0.3 is 11.1 Å². The van der Waals surface area contributed by atoms with Crippen LogP contribution in [0.15, 0.2) is 30.3 Å². The SMILES string of the molecule is CC(CNCC(F)(F)C(F)F)C(N)c1ccccc1. The fourth-order valence-electron chi connectivity index (χ4n) is 1.67. The minimum atomic E-state index is -4.00. The van der Waals surface area contributed by atoms with E-state index >= 15 is 0 Å². The number of nitrogens with one attached hydrogen (secondary N) is 1. The van der Waals surface area contributed by atoms with E-state index in [9.17, 15) is 17.6 Å². The molecule has 0 spiro atoms. The highest BCUT2D eigenvalue weighted by atomic mass is 19.3. The fraction of sp³-hybridized carbons (Fsp3) is 0.538. The van der Waals surface area contributed by atoms with Gasteiger partial charge in [-0.05, 0) is 18.0 Å². The Kier molecular flexibility index (Phi) is 5.75. The van der Waals surface area contributed by atoms with Crippen LogP contribution in [-0.2, 0) is 0 Å². The number of rotatable bonds is 7. The Labute approximate surface area is 110 Å². The Morgan fingerprint density at radius 2 is 1.79 bits per heavy atom. The summed E-state index contributed by atoms with van der Waals surface area (Å²) in [5.41, 5.74) is 6.86. The summed E-state index contributed by atoms with van der Waals surface area (Å²) in [6.45, 7) is 0.889. The van der Waals surface area contributed by atoms with Crippen LogP contribution >= 0.6 is 0 Å². The Morgan fingerprint density at radius 3 is 2.32 bits per heavy atom. The second-order valence-electron chi connectivity index (χ2n) is 4.61. The van der Waals surface area contributed by atoms with Gasteiger partial charge in [-0.25, -0.2) is 8.78 Å². The van der Waals surface area contributed by atoms with Crippen molar-refractivity contribution in [3.8, 4) is 0 Å². The molecule has 0 saturated carbocycles. The lowest BCUT2D eigenvalue weighted by Gasteiger charge is -2.22. The predicted octanol–water partition coefficient (Wildman–Crippen LogP) is 2.81. The second kappa shape index (κ2) is 6.86. The minimum Gasteiger partial charge on any atom is -0.324 e. The monoisotopic (exact) mass is 278 g/mol. The topological polar surface area (TPSA) is 38.0 Å². The summed E-state index contributed by atoms with van der Waals surface area (Å²) in [5, 5.41) is 2.35. The Hall–Kier alpha value is -1.14. The van der Waals surface area contributed by atoms with Crippen LogP contribution in [-0.4, -0.2) is 25.4 Å². The highest BCUT2D eigenvalue weighted by molar-refractivity contribution is 5.19. The van der Waals surface area contributed by atoms with Crippen molar-refractivity contribution in [3.05, 3.63) is 35.9 Å². The fourth-order valence-corrected chi connectivity index (χ4v) is 1.67. The van der Waals surface area contributed by atoms with E-state index in [4.69, 9.17) is 5.73 Å². The molecule has 0 radical (unpaired) electrons. The van der Waals surface area contributed by atoms with Gasteiger partial charge in [0.1, 0.15) is 0 Å². The maximum Gasteiger partial charge on any atom is 0.319 e. The highest BCUT2D eigenvalue weighted by Crippen LogP contribution is 2.22. The summed E-state index contributed by atoms with van der Waals surface area (Å²) in [4.78, 5) is 0. The summed E-state index contributed by atoms with van der Waals surface area (Å²) in [5.74, 6) is -4.15. The van der Waals surface area contributed by atoms with Gasteiger partial charge in [0.25, 0.3) is 0 Å². The van der Waals surface area contributed by atoms with Crippen molar-refractivity contribution in [1.29, 1.82) is 0 Å². The molecule has 6 heteroatoms. The lowest BCUT2D eigenvalue weighted by Crippen LogP contribution is -2.41. The largest absolute Gasteiger partial charge is 0.324 e. The number of hydrogen-bond acceptors (Lipinski definition) is 2. The molecule has 3 N–H and O–H groups in total. The number of alkyl halides is 4. The maximum atomic E-state index is 12.7. The van der Waals surface area contributed by atoms with E-state index in [-0.39, 0.29) is 18.5 Å². The van der Waals surface area contributed by atoms with Crippen molar-refractivity contribution < 1.29 is 17.6 Å². The third kappa shape index (κ3) is 4.80. The van der Waals surface area contributed by atoms with Crippen molar-refractivity contribution in [2.45, 2.75) is 25.3 Å². The molecule has 2 atom stereocenters. The van der Waals surface area contributed by atoms with E-state index in [1.165, 1.54) is 0 Å². The van der Waals surface area contributed by atoms with E-state index in [2.05, 4.69) is 5.32 Å². The molecule has 0 fully saturated rings. The van der Waals surface area contributed by atoms with E-state index in [1.807, 2.05) is 30.3 Å². The zero-order valence-electron chi connectivity index (χ0n) is 10.6. The lowest BCUT2D eigenvalue weighted by atomic mass is 9.95. The number of benzene rings is 1. The minimum absolute atomic E-state index is 0.143. The smallest absolute Gasteiger partial charge is 0.319 e. The molecule has 0 saturated heterocycles. The third-order valence-corrected chi connectivity index (χ3v) is 2.94. The van der Waals surface area contributed by atoms with Crippen LogP contribution in [0.3, 0.4) is 0 Å². The van der Waals surface area contributed by atoms with Gasteiger partial charge in [0.2, 0.25) is 0 Å². The zero-order valence-corrected chi connectivity index (χ0v) is 10.6. The molecule has 2 unspecified atom stereocenters. The van der Waals surface area contributed by atoms with Gasteiger partial charge >= 0.3 is 12.3 Å². The van der Waals surface area contributed by atoms with Gasteiger partial charge in [0.15, 0.2) is 0 Å². The molecule has 1 aromatic carbocycles. The first-order valence-corrected chi connectivity index (χ1v) is 6.02. The van der Waals surface area contributed by atoms with Crippen molar-refractivity contribution in [3.63, 3.8) is 0 Å². The van der Waals surface area contributed by atoms with Gasteiger partial charge in [-0.3, -0.25) is 0 Å². The van der Waals surface area contributed by atoms with Crippen LogP contribution in [0.1, 0.15) is 18.5 Å². The quantitative estimate of drug-likeness (QED) is 0.753. The second-order valence-corrected chi connectivity index (χ2v) is 4.61. The predicted molar refractivity (Wildman–Crippen MR) is 66.4 cm³/mol. The van der Waals surface area contributed by atoms with Crippen LogP contribution in [0.5, 0.6) is 0 Å². The summed E-state index contributed by atoms with van der Waals surface area (Å²) in [6, 6.07) is 8.88. The molecule has 1 rings (SSSR count). The van der Waals surface area contributed by atoms with E-state index in [0.29, 0.717) is 0 Å². The van der Waals surface area contributed by atoms with Gasteiger partial charge in [0.05, 0.1) is 6.54 Å². The van der Waals surface area contributed by atoms with Crippen LogP contribution < -0.4 is 11.1 Å². The summed E-state index contributed by atoms with van der Waals surface area (Å²) in [6.07, 6.45) is -3.65. The molecular weight excluding hydrogens is 260 g/mol. The van der Waals surface area contributed by atoms with Crippen LogP contribution in [0, 0.1) is 5.92 Å². The van der Waals surface area contributed by atoms with Gasteiger partial charge in [-0.2, -0.15) is 8.78 Å². The molecule has 0 aliphatic rings. The Morgan fingerprint density at radius 1 is 1.21 bits per heavy atom. The third-order valence-electron chi connectivity index (χ3n) is 2.94. The molecule has 0 bridgehead atoms. The van der Waals surface area contributed by atoms with Gasteiger partial charge in [-0.1, -0.05) is 37.3 Å². The van der Waals surface area contributed by atoms with Crippen LogP contribution in [0.2, 0.25) is 0 Å². The van der Waals surface area contributed by atoms with Crippen molar-refractivity contribution >= 4 is 0 Å². The lowest BCUT2D eigenvalue weighted by molar-refractivity contribution is -0.125. The normalized spacial score (nSPS) is 15.5. The molecule has 0 amide bonds.